The first-order chi connectivity index (χ1) is 12.3. The van der Waals surface area contributed by atoms with Gasteiger partial charge in [0.1, 0.15) is 0 Å². The lowest BCUT2D eigenvalue weighted by atomic mass is 10.0. The minimum atomic E-state index is -0.0573. The van der Waals surface area contributed by atoms with Crippen LogP contribution in [0, 0.1) is 20.8 Å². The average Bonchev–Trinajstić information content (AvgIpc) is 2.95. The van der Waals surface area contributed by atoms with Gasteiger partial charge in [0.2, 0.25) is 0 Å². The van der Waals surface area contributed by atoms with E-state index in [2.05, 4.69) is 16.2 Å². The Morgan fingerprint density at radius 2 is 1.77 bits per heavy atom. The van der Waals surface area contributed by atoms with Crippen LogP contribution in [0.3, 0.4) is 0 Å². The Morgan fingerprint density at radius 1 is 1.12 bits per heavy atom. The van der Waals surface area contributed by atoms with Crippen molar-refractivity contribution in [3.8, 4) is 0 Å². The predicted octanol–water partition coefficient (Wildman–Crippen LogP) is 4.94. The zero-order valence-corrected chi connectivity index (χ0v) is 16.3. The zero-order valence-electron chi connectivity index (χ0n) is 16.3. The van der Waals surface area contributed by atoms with E-state index in [-0.39, 0.29) is 11.8 Å². The largest absolute Gasteiger partial charge is 0.336 e. The number of hydrogen-bond donors (Lipinski definition) is 0. The fraction of sp³-hybridized carbons (Fsp3) is 0.381. The summed E-state index contributed by atoms with van der Waals surface area (Å²) in [6, 6.07) is 8.06. The van der Waals surface area contributed by atoms with Gasteiger partial charge >= 0.3 is 0 Å². The van der Waals surface area contributed by atoms with Crippen molar-refractivity contribution in [1.82, 2.24) is 10.1 Å². The number of carbonyl (C=O) groups excluding carboxylic acids is 1. The minimum absolute atomic E-state index is 0.0573. The summed E-state index contributed by atoms with van der Waals surface area (Å²) in [4.78, 5) is 19.8. The van der Waals surface area contributed by atoms with Gasteiger partial charge in [0.15, 0.2) is 0 Å². The Labute approximate surface area is 154 Å². The fourth-order valence-electron chi connectivity index (χ4n) is 3.27. The van der Waals surface area contributed by atoms with Crippen LogP contribution in [0.25, 0.3) is 11.1 Å². The number of nitrogens with zero attached hydrogens (tertiary/aromatic N) is 3. The first-order valence-corrected chi connectivity index (χ1v) is 8.98. The molecule has 0 saturated heterocycles. The first-order valence-electron chi connectivity index (χ1n) is 8.98. The van der Waals surface area contributed by atoms with Crippen molar-refractivity contribution >= 4 is 22.7 Å². The average molecular weight is 351 g/mol. The lowest BCUT2D eigenvalue weighted by Crippen LogP contribution is -2.31. The van der Waals surface area contributed by atoms with Gasteiger partial charge in [-0.05, 0) is 62.9 Å². The van der Waals surface area contributed by atoms with Gasteiger partial charge in [-0.1, -0.05) is 25.1 Å². The van der Waals surface area contributed by atoms with Gasteiger partial charge in [0, 0.05) is 17.9 Å². The molecule has 136 valence electrons. The summed E-state index contributed by atoms with van der Waals surface area (Å²) in [5.74, 6) is 0.130. The lowest BCUT2D eigenvalue weighted by molar-refractivity contribution is 0.0989. The lowest BCUT2D eigenvalue weighted by Gasteiger charge is -2.23. The van der Waals surface area contributed by atoms with E-state index in [1.165, 1.54) is 0 Å². The number of pyridine rings is 1. The van der Waals surface area contributed by atoms with Crippen molar-refractivity contribution in [2.45, 2.75) is 47.5 Å². The van der Waals surface area contributed by atoms with Gasteiger partial charge in [-0.2, -0.15) is 0 Å². The van der Waals surface area contributed by atoms with Crippen LogP contribution in [-0.4, -0.2) is 22.6 Å². The summed E-state index contributed by atoms with van der Waals surface area (Å²) in [6.45, 7) is 12.6. The second kappa shape index (κ2) is 6.90. The van der Waals surface area contributed by atoms with Crippen LogP contribution < -0.4 is 4.90 Å². The van der Waals surface area contributed by atoms with E-state index in [1.54, 1.807) is 4.90 Å². The van der Waals surface area contributed by atoms with E-state index in [0.29, 0.717) is 28.9 Å². The van der Waals surface area contributed by atoms with Gasteiger partial charge < -0.3 is 9.42 Å². The summed E-state index contributed by atoms with van der Waals surface area (Å²) in [6.07, 6.45) is 0. The number of fused-ring (bicyclic) bond motifs is 1. The van der Waals surface area contributed by atoms with Crippen LogP contribution in [0.5, 0.6) is 0 Å². The number of hydrogen-bond acceptors (Lipinski definition) is 4. The third-order valence-corrected chi connectivity index (χ3v) is 4.54. The molecule has 0 N–H and O–H groups in total. The number of aryl methyl sites for hydroxylation is 3. The molecule has 2 aromatic heterocycles. The van der Waals surface area contributed by atoms with Crippen molar-refractivity contribution in [2.24, 2.45) is 0 Å². The Kier molecular flexibility index (Phi) is 4.81. The molecule has 0 aliphatic heterocycles. The van der Waals surface area contributed by atoms with Gasteiger partial charge in [0.25, 0.3) is 11.6 Å². The summed E-state index contributed by atoms with van der Waals surface area (Å²) in [5, 5.41) is 4.71. The molecule has 0 aliphatic rings. The fourth-order valence-corrected chi connectivity index (χ4v) is 3.27. The highest BCUT2D eigenvalue weighted by atomic mass is 16.5. The molecule has 0 radical (unpaired) electrons. The zero-order chi connectivity index (χ0) is 19.0. The molecule has 26 heavy (non-hydrogen) atoms. The second-order valence-corrected chi connectivity index (χ2v) is 7.09. The molecule has 0 aliphatic carbocycles. The van der Waals surface area contributed by atoms with E-state index in [1.807, 2.05) is 59.7 Å². The third-order valence-electron chi connectivity index (χ3n) is 4.54. The van der Waals surface area contributed by atoms with Crippen molar-refractivity contribution in [3.05, 3.63) is 52.3 Å². The normalized spacial score (nSPS) is 11.3. The Balaban J connectivity index is 2.17. The third kappa shape index (κ3) is 3.21. The SMILES string of the molecule is CCN(C(=O)c1cc(C(C)C)nc2onc(C)c12)c1cc(C)cc(C)c1. The van der Waals surface area contributed by atoms with Crippen LogP contribution in [-0.2, 0) is 0 Å². The number of anilines is 1. The molecule has 2 heterocycles. The van der Waals surface area contributed by atoms with Gasteiger partial charge in [-0.25, -0.2) is 4.98 Å². The van der Waals surface area contributed by atoms with Crippen molar-refractivity contribution in [1.29, 1.82) is 0 Å². The Hall–Kier alpha value is -2.69. The van der Waals surface area contributed by atoms with E-state index in [4.69, 9.17) is 4.52 Å². The summed E-state index contributed by atoms with van der Waals surface area (Å²) >= 11 is 0. The van der Waals surface area contributed by atoms with Crippen molar-refractivity contribution in [2.75, 3.05) is 11.4 Å². The van der Waals surface area contributed by atoms with Crippen molar-refractivity contribution in [3.63, 3.8) is 0 Å². The number of amides is 1. The molecular weight excluding hydrogens is 326 g/mol. The molecule has 0 bridgehead atoms. The second-order valence-electron chi connectivity index (χ2n) is 7.09. The number of benzene rings is 1. The molecule has 0 fully saturated rings. The highest BCUT2D eigenvalue weighted by Crippen LogP contribution is 2.28. The maximum atomic E-state index is 13.5. The summed E-state index contributed by atoms with van der Waals surface area (Å²) < 4.78 is 5.36. The van der Waals surface area contributed by atoms with E-state index < -0.39 is 0 Å². The maximum absolute atomic E-state index is 13.5. The standard InChI is InChI=1S/C21H25N3O2/c1-7-24(16-9-13(4)8-14(5)10-16)21(25)17-11-18(12(2)3)22-20-19(17)15(6)23-26-20/h8-12H,7H2,1-6H3. The van der Waals surface area contributed by atoms with E-state index in [9.17, 15) is 4.79 Å². The Morgan fingerprint density at radius 3 is 2.35 bits per heavy atom. The molecule has 0 saturated carbocycles. The van der Waals surface area contributed by atoms with Crippen LogP contribution >= 0.6 is 0 Å². The van der Waals surface area contributed by atoms with Crippen LogP contribution in [0.1, 0.15) is 59.6 Å². The number of rotatable bonds is 4. The molecule has 0 unspecified atom stereocenters. The molecule has 3 aromatic rings. The monoisotopic (exact) mass is 351 g/mol. The molecule has 0 atom stereocenters. The maximum Gasteiger partial charge on any atom is 0.259 e. The van der Waals surface area contributed by atoms with Crippen molar-refractivity contribution < 1.29 is 9.32 Å². The van der Waals surface area contributed by atoms with E-state index in [0.717, 1.165) is 22.5 Å². The molecule has 5 nitrogen and oxygen atoms in total. The topological polar surface area (TPSA) is 59.2 Å². The van der Waals surface area contributed by atoms with Crippen LogP contribution in [0.2, 0.25) is 0 Å². The smallest absolute Gasteiger partial charge is 0.259 e. The highest BCUT2D eigenvalue weighted by Gasteiger charge is 2.24. The predicted molar refractivity (Wildman–Crippen MR) is 104 cm³/mol. The number of aromatic nitrogens is 2. The Bertz CT molecular complexity index is 953. The van der Waals surface area contributed by atoms with Crippen LogP contribution in [0.15, 0.2) is 28.8 Å². The van der Waals surface area contributed by atoms with Gasteiger partial charge in [-0.3, -0.25) is 4.79 Å². The molecule has 1 aromatic carbocycles. The molecular formula is C21H25N3O2. The highest BCUT2D eigenvalue weighted by molar-refractivity contribution is 6.13. The molecule has 5 heteroatoms. The summed E-state index contributed by atoms with van der Waals surface area (Å²) in [5.41, 5.74) is 5.70. The summed E-state index contributed by atoms with van der Waals surface area (Å²) in [7, 11) is 0. The van der Waals surface area contributed by atoms with Gasteiger partial charge in [-0.15, -0.1) is 0 Å². The minimum Gasteiger partial charge on any atom is -0.336 e. The first kappa shape index (κ1) is 18.1. The van der Waals surface area contributed by atoms with Gasteiger partial charge in [0.05, 0.1) is 16.6 Å². The number of carbonyl (C=O) groups is 1. The quantitative estimate of drug-likeness (QED) is 0.668. The molecule has 3 rings (SSSR count). The molecule has 1 amide bonds. The van der Waals surface area contributed by atoms with Crippen LogP contribution in [0.4, 0.5) is 5.69 Å². The van der Waals surface area contributed by atoms with E-state index >= 15 is 0 Å². The molecule has 0 spiro atoms.